The van der Waals surface area contributed by atoms with Gasteiger partial charge in [-0.15, -0.1) is 0 Å². The molecule has 0 aromatic carbocycles. The third-order valence-electron chi connectivity index (χ3n) is 3.57. The summed E-state index contributed by atoms with van der Waals surface area (Å²) in [6, 6.07) is 0. The Morgan fingerprint density at radius 1 is 1.00 bits per heavy atom. The molecule has 0 saturated carbocycles. The van der Waals surface area contributed by atoms with Crippen LogP contribution >= 0.6 is 0 Å². The Hall–Kier alpha value is 0.0969. The van der Waals surface area contributed by atoms with Gasteiger partial charge in [0.2, 0.25) is 0 Å². The third kappa shape index (κ3) is 3.29. The quantitative estimate of drug-likeness (QED) is 0.675. The molecule has 0 aliphatic carbocycles. The minimum atomic E-state index is -2.51. The van der Waals surface area contributed by atoms with E-state index in [-0.39, 0.29) is 5.41 Å². The summed E-state index contributed by atoms with van der Waals surface area (Å²) in [6.45, 7) is 11.2. The van der Waals surface area contributed by atoms with Crippen molar-refractivity contribution in [3.05, 3.63) is 0 Å². The predicted molar refractivity (Wildman–Crippen MR) is 69.4 cm³/mol. The van der Waals surface area contributed by atoms with Crippen LogP contribution in [0, 0.1) is 11.3 Å². The van der Waals surface area contributed by atoms with E-state index in [4.69, 9.17) is 13.3 Å². The molecule has 0 amide bonds. The van der Waals surface area contributed by atoms with Gasteiger partial charge in [0.1, 0.15) is 0 Å². The lowest BCUT2D eigenvalue weighted by molar-refractivity contribution is 0.0854. The van der Waals surface area contributed by atoms with Gasteiger partial charge in [-0.3, -0.25) is 0 Å². The first-order chi connectivity index (χ1) is 7.29. The second-order valence-corrected chi connectivity index (χ2v) is 8.73. The molecule has 3 nitrogen and oxygen atoms in total. The Morgan fingerprint density at radius 2 is 1.38 bits per heavy atom. The van der Waals surface area contributed by atoms with Crippen LogP contribution in [-0.4, -0.2) is 30.1 Å². The summed E-state index contributed by atoms with van der Waals surface area (Å²) in [5, 5.41) is 0. The minimum Gasteiger partial charge on any atom is -0.377 e. The van der Waals surface area contributed by atoms with Gasteiger partial charge in [0.15, 0.2) is 0 Å². The molecular formula is C12H28O3Si. The van der Waals surface area contributed by atoms with E-state index in [1.807, 2.05) is 0 Å². The second kappa shape index (κ2) is 6.14. The minimum absolute atomic E-state index is 0.238. The van der Waals surface area contributed by atoms with Crippen molar-refractivity contribution < 1.29 is 13.3 Å². The lowest BCUT2D eigenvalue weighted by atomic mass is 9.77. The fraction of sp³-hybridized carbons (Fsp3) is 1.00. The van der Waals surface area contributed by atoms with Gasteiger partial charge in [0.05, 0.1) is 0 Å². The molecule has 0 aromatic rings. The lowest BCUT2D eigenvalue weighted by Crippen LogP contribution is -2.50. The maximum atomic E-state index is 5.57. The van der Waals surface area contributed by atoms with E-state index in [9.17, 15) is 0 Å². The van der Waals surface area contributed by atoms with E-state index in [2.05, 4.69) is 34.6 Å². The Kier molecular flexibility index (Phi) is 6.18. The highest BCUT2D eigenvalue weighted by Crippen LogP contribution is 2.43. The fourth-order valence-corrected chi connectivity index (χ4v) is 5.61. The average Bonchev–Trinajstić information content (AvgIpc) is 2.20. The average molecular weight is 248 g/mol. The lowest BCUT2D eigenvalue weighted by Gasteiger charge is -2.40. The maximum absolute atomic E-state index is 5.57. The summed E-state index contributed by atoms with van der Waals surface area (Å²) in [6.07, 6.45) is 1.11. The van der Waals surface area contributed by atoms with E-state index in [0.717, 1.165) is 6.42 Å². The molecule has 0 aliphatic rings. The number of hydrogen-bond acceptors (Lipinski definition) is 3. The highest BCUT2D eigenvalue weighted by Gasteiger charge is 2.50. The Balaban J connectivity index is 5.04. The van der Waals surface area contributed by atoms with Crippen LogP contribution in [0.25, 0.3) is 0 Å². The van der Waals surface area contributed by atoms with Gasteiger partial charge < -0.3 is 13.3 Å². The Labute approximate surface area is 102 Å². The van der Waals surface area contributed by atoms with E-state index >= 15 is 0 Å². The van der Waals surface area contributed by atoms with Crippen molar-refractivity contribution in [3.63, 3.8) is 0 Å². The molecule has 2 atom stereocenters. The van der Waals surface area contributed by atoms with Crippen molar-refractivity contribution in [2.24, 2.45) is 11.3 Å². The molecule has 0 saturated heterocycles. The van der Waals surface area contributed by atoms with Gasteiger partial charge in [0.25, 0.3) is 0 Å². The molecule has 0 aliphatic heterocycles. The summed E-state index contributed by atoms with van der Waals surface area (Å²) < 4.78 is 16.7. The van der Waals surface area contributed by atoms with Crippen LogP contribution < -0.4 is 0 Å². The molecule has 0 aromatic heterocycles. The highest BCUT2D eigenvalue weighted by atomic mass is 28.4. The van der Waals surface area contributed by atoms with Crippen LogP contribution in [0.15, 0.2) is 0 Å². The molecule has 2 unspecified atom stereocenters. The second-order valence-electron chi connectivity index (χ2n) is 5.39. The first-order valence-electron chi connectivity index (χ1n) is 5.94. The van der Waals surface area contributed by atoms with Gasteiger partial charge in [-0.1, -0.05) is 41.0 Å². The zero-order valence-corrected chi connectivity index (χ0v) is 13.1. The van der Waals surface area contributed by atoms with Gasteiger partial charge in [-0.05, 0) is 11.3 Å². The topological polar surface area (TPSA) is 27.7 Å². The highest BCUT2D eigenvalue weighted by molar-refractivity contribution is 6.62. The standard InChI is InChI=1S/C12H28O3Si/c1-9-11(12(3,4)5)10(2)16(13-6,14-7)15-8/h10-11H,9H2,1-8H3. The summed E-state index contributed by atoms with van der Waals surface area (Å²) in [4.78, 5) is 0. The molecule has 0 spiro atoms. The van der Waals surface area contributed by atoms with Crippen molar-refractivity contribution >= 4 is 8.80 Å². The fourth-order valence-electron chi connectivity index (χ4n) is 2.77. The molecule has 0 fully saturated rings. The van der Waals surface area contributed by atoms with Crippen molar-refractivity contribution in [2.75, 3.05) is 21.3 Å². The molecule has 4 heteroatoms. The smallest absolute Gasteiger partial charge is 0.377 e. The van der Waals surface area contributed by atoms with Crippen molar-refractivity contribution in [2.45, 2.75) is 46.6 Å². The van der Waals surface area contributed by atoms with E-state index in [0.29, 0.717) is 11.5 Å². The maximum Gasteiger partial charge on any atom is 0.503 e. The summed E-state index contributed by atoms with van der Waals surface area (Å²) in [5.74, 6) is 0.527. The molecule has 0 heterocycles. The van der Waals surface area contributed by atoms with Gasteiger partial charge in [-0.2, -0.15) is 0 Å². The first kappa shape index (κ1) is 16.1. The number of rotatable bonds is 6. The Bertz CT molecular complexity index is 189. The molecule has 16 heavy (non-hydrogen) atoms. The van der Waals surface area contributed by atoms with E-state index in [1.165, 1.54) is 0 Å². The van der Waals surface area contributed by atoms with E-state index in [1.54, 1.807) is 21.3 Å². The molecule has 0 radical (unpaired) electrons. The van der Waals surface area contributed by atoms with Gasteiger partial charge in [-0.25, -0.2) is 0 Å². The van der Waals surface area contributed by atoms with Crippen molar-refractivity contribution in [1.82, 2.24) is 0 Å². The van der Waals surface area contributed by atoms with Crippen LogP contribution in [0.5, 0.6) is 0 Å². The van der Waals surface area contributed by atoms with Crippen LogP contribution in [0.1, 0.15) is 41.0 Å². The monoisotopic (exact) mass is 248 g/mol. The normalized spacial score (nSPS) is 17.2. The predicted octanol–water partition coefficient (Wildman–Crippen LogP) is 3.33. The van der Waals surface area contributed by atoms with Crippen molar-refractivity contribution in [1.29, 1.82) is 0 Å². The molecule has 0 bridgehead atoms. The van der Waals surface area contributed by atoms with Crippen LogP contribution in [0.2, 0.25) is 5.54 Å². The van der Waals surface area contributed by atoms with Crippen molar-refractivity contribution in [3.8, 4) is 0 Å². The Morgan fingerprint density at radius 3 is 1.56 bits per heavy atom. The zero-order chi connectivity index (χ0) is 13.0. The number of hydrogen-bond donors (Lipinski definition) is 0. The third-order valence-corrected chi connectivity index (χ3v) is 6.79. The molecular weight excluding hydrogens is 220 g/mol. The van der Waals surface area contributed by atoms with Crippen LogP contribution in [-0.2, 0) is 13.3 Å². The SMILES string of the molecule is CCC(C(C)[Si](OC)(OC)OC)C(C)(C)C. The summed E-state index contributed by atoms with van der Waals surface area (Å²) >= 11 is 0. The molecule has 98 valence electrons. The zero-order valence-electron chi connectivity index (χ0n) is 12.1. The van der Waals surface area contributed by atoms with E-state index < -0.39 is 8.80 Å². The first-order valence-corrected chi connectivity index (χ1v) is 7.74. The molecule has 0 rings (SSSR count). The largest absolute Gasteiger partial charge is 0.503 e. The molecule has 0 N–H and O–H groups in total. The summed E-state index contributed by atoms with van der Waals surface area (Å²) in [7, 11) is 2.54. The van der Waals surface area contributed by atoms with Gasteiger partial charge >= 0.3 is 8.80 Å². The summed E-state index contributed by atoms with van der Waals surface area (Å²) in [5.41, 5.74) is 0.541. The van der Waals surface area contributed by atoms with Gasteiger partial charge in [0, 0.05) is 26.9 Å². The van der Waals surface area contributed by atoms with Crippen LogP contribution in [0.3, 0.4) is 0 Å². The van der Waals surface area contributed by atoms with Crippen LogP contribution in [0.4, 0.5) is 0 Å².